The molecule has 0 aromatic heterocycles. The first-order chi connectivity index (χ1) is 1.73. The van der Waals surface area contributed by atoms with Crippen LogP contribution in [0.15, 0.2) is 0 Å². The van der Waals surface area contributed by atoms with Crippen molar-refractivity contribution in [1.82, 2.24) is 0 Å². The molecule has 0 bridgehead atoms. The molecule has 0 aliphatic rings. The second-order valence-corrected chi connectivity index (χ2v) is 0.250. The van der Waals surface area contributed by atoms with Gasteiger partial charge in [0.1, 0.15) is 0 Å². The van der Waals surface area contributed by atoms with Crippen LogP contribution in [-0.4, -0.2) is 6.16 Å². The minimum absolute atomic E-state index is 0. The van der Waals surface area contributed by atoms with E-state index in [2.05, 4.69) is 0 Å². The summed E-state index contributed by atoms with van der Waals surface area (Å²) in [6.45, 7) is 0. The second kappa shape index (κ2) is 3.89. The molecule has 0 aromatic carbocycles. The van der Waals surface area contributed by atoms with Crippen LogP contribution in [0.5, 0.6) is 0 Å². The molecule has 3 nitrogen and oxygen atoms in total. The predicted molar refractivity (Wildman–Crippen MR) is 5.40 cm³/mol. The fourth-order valence-corrected chi connectivity index (χ4v) is 0. The Morgan fingerprint density at radius 1 is 1.40 bits per heavy atom. The Hall–Kier alpha value is -0.107. The van der Waals surface area contributed by atoms with Crippen LogP contribution < -0.4 is 10.2 Å². The molecule has 0 unspecified atom stereocenters. The Kier molecular flexibility index (Phi) is 6.90. The summed E-state index contributed by atoms with van der Waals surface area (Å²) in [5.74, 6) is 0. The monoisotopic (exact) mass is 162 g/mol. The second-order valence-electron chi connectivity index (χ2n) is 0.250. The molecule has 0 spiro atoms. The molecule has 0 aromatic rings. The molecule has 0 heterocycles. The summed E-state index contributed by atoms with van der Waals surface area (Å²) in [6, 6.07) is 0. The third kappa shape index (κ3) is 1230. The van der Waals surface area contributed by atoms with Crippen LogP contribution in [0.1, 0.15) is 0 Å². The molecule has 0 fully saturated rings. The van der Waals surface area contributed by atoms with E-state index in [4.69, 9.17) is 15.0 Å². The number of carboxylic acid groups (broad SMARTS) is 2. The fourth-order valence-electron chi connectivity index (χ4n) is 0. The van der Waals surface area contributed by atoms with Crippen molar-refractivity contribution in [3.05, 3.63) is 0 Å². The Morgan fingerprint density at radius 2 is 1.40 bits per heavy atom. The maximum Gasteiger partial charge on any atom is 2.00 e. The zero-order chi connectivity index (χ0) is 3.58. The maximum absolute atomic E-state index is 8.33. The first-order valence-electron chi connectivity index (χ1n) is 0.612. The van der Waals surface area contributed by atoms with Gasteiger partial charge in [0.15, 0.2) is 0 Å². The molecule has 0 amide bonds. The minimum Gasteiger partial charge on any atom is -0.652 e. The molecule has 30 valence electrons. The van der Waals surface area contributed by atoms with Gasteiger partial charge in [0.2, 0.25) is 0 Å². The van der Waals surface area contributed by atoms with Gasteiger partial charge in [-0.1, -0.05) is 0 Å². The van der Waals surface area contributed by atoms with Crippen molar-refractivity contribution in [2.45, 2.75) is 0 Å². The van der Waals surface area contributed by atoms with Gasteiger partial charge in [0.05, 0.1) is 0 Å². The molecular weight excluding hydrogens is 161 g/mol. The van der Waals surface area contributed by atoms with Gasteiger partial charge in [-0.3, -0.25) is 0 Å². The molecule has 0 atom stereocenters. The molecule has 0 aliphatic heterocycles. The van der Waals surface area contributed by atoms with Gasteiger partial charge < -0.3 is 15.0 Å². The van der Waals surface area contributed by atoms with Crippen molar-refractivity contribution >= 4 is 6.16 Å². The summed E-state index contributed by atoms with van der Waals surface area (Å²) in [5, 5.41) is 16.7. The van der Waals surface area contributed by atoms with Crippen molar-refractivity contribution in [1.29, 1.82) is 0 Å². The summed E-state index contributed by atoms with van der Waals surface area (Å²) in [5.41, 5.74) is 0. The number of hydrogen-bond acceptors (Lipinski definition) is 3. The normalized spacial score (nSPS) is 4.80. The van der Waals surface area contributed by atoms with Gasteiger partial charge in [0, 0.05) is 0 Å². The van der Waals surface area contributed by atoms with Crippen LogP contribution in [0.3, 0.4) is 0 Å². The van der Waals surface area contributed by atoms with Crippen LogP contribution in [0.4, 0.5) is 4.79 Å². The zero-order valence-corrected chi connectivity index (χ0v) is 3.82. The standard InChI is InChI=1S/CH2O3.Ru/c2-1(3)4;/h(H2,2,3,4);/q;+2/p-2. The van der Waals surface area contributed by atoms with Crippen LogP contribution in [0.25, 0.3) is 0 Å². The maximum atomic E-state index is 8.33. The quantitative estimate of drug-likeness (QED) is 0.370. The van der Waals surface area contributed by atoms with Crippen molar-refractivity contribution in [3.8, 4) is 0 Å². The van der Waals surface area contributed by atoms with E-state index < -0.39 is 6.16 Å². The molecule has 0 saturated carbocycles. The van der Waals surface area contributed by atoms with E-state index in [9.17, 15) is 0 Å². The van der Waals surface area contributed by atoms with Crippen molar-refractivity contribution < 1.29 is 34.5 Å². The Labute approximate surface area is 41.4 Å². The Bertz CT molecular complexity index is 29.9. The van der Waals surface area contributed by atoms with Gasteiger partial charge in [-0.05, 0) is 6.16 Å². The zero-order valence-electron chi connectivity index (χ0n) is 2.08. The molecule has 5 heavy (non-hydrogen) atoms. The Morgan fingerprint density at radius 3 is 1.40 bits per heavy atom. The van der Waals surface area contributed by atoms with Gasteiger partial charge in [-0.15, -0.1) is 0 Å². The summed E-state index contributed by atoms with van der Waals surface area (Å²) < 4.78 is 0. The average molecular weight is 161 g/mol. The first-order valence-corrected chi connectivity index (χ1v) is 0.612. The molecular formula is CO3Ru. The van der Waals surface area contributed by atoms with Gasteiger partial charge >= 0.3 is 19.5 Å². The van der Waals surface area contributed by atoms with E-state index >= 15 is 0 Å². The molecule has 0 aliphatic carbocycles. The summed E-state index contributed by atoms with van der Waals surface area (Å²) >= 11 is 0. The number of hydrogen-bond donors (Lipinski definition) is 0. The summed E-state index contributed by atoms with van der Waals surface area (Å²) in [7, 11) is 0. The van der Waals surface area contributed by atoms with Gasteiger partial charge in [0.25, 0.3) is 0 Å². The summed E-state index contributed by atoms with van der Waals surface area (Å²) in [4.78, 5) is 8.33. The molecule has 0 rings (SSSR count). The van der Waals surface area contributed by atoms with Gasteiger partial charge in [-0.2, -0.15) is 0 Å². The van der Waals surface area contributed by atoms with E-state index in [0.717, 1.165) is 0 Å². The largest absolute Gasteiger partial charge is 2.00 e. The number of carbonyl (C=O) groups is 1. The Balaban J connectivity index is 0. The topological polar surface area (TPSA) is 63.2 Å². The van der Waals surface area contributed by atoms with E-state index in [1.165, 1.54) is 0 Å². The number of carbonyl (C=O) groups excluding carboxylic acids is 1. The van der Waals surface area contributed by atoms with E-state index in [-0.39, 0.29) is 19.5 Å². The SMILES string of the molecule is O=C([O-])[O-].[Ru+2]. The van der Waals surface area contributed by atoms with Crippen molar-refractivity contribution in [3.63, 3.8) is 0 Å². The molecule has 0 N–H and O–H groups in total. The molecule has 0 radical (unpaired) electrons. The smallest absolute Gasteiger partial charge is 0.652 e. The van der Waals surface area contributed by atoms with Crippen molar-refractivity contribution in [2.75, 3.05) is 0 Å². The third-order valence-electron chi connectivity index (χ3n) is 0. The number of rotatable bonds is 0. The van der Waals surface area contributed by atoms with Crippen molar-refractivity contribution in [2.24, 2.45) is 0 Å². The van der Waals surface area contributed by atoms with Crippen LogP contribution in [-0.2, 0) is 19.5 Å². The van der Waals surface area contributed by atoms with Crippen LogP contribution >= 0.6 is 0 Å². The first kappa shape index (κ1) is 8.86. The van der Waals surface area contributed by atoms with Crippen LogP contribution in [0, 0.1) is 0 Å². The minimum atomic E-state index is -2.33. The third-order valence-corrected chi connectivity index (χ3v) is 0. The predicted octanol–water partition coefficient (Wildman–Crippen LogP) is -2.45. The van der Waals surface area contributed by atoms with E-state index in [0.29, 0.717) is 0 Å². The van der Waals surface area contributed by atoms with Gasteiger partial charge in [-0.25, -0.2) is 0 Å². The van der Waals surface area contributed by atoms with E-state index in [1.807, 2.05) is 0 Å². The molecule has 0 saturated heterocycles. The fraction of sp³-hybridized carbons (Fsp3) is 0. The van der Waals surface area contributed by atoms with Crippen LogP contribution in [0.2, 0.25) is 0 Å². The average Bonchev–Trinajstić information content (AvgIpc) is 0.811. The molecule has 4 heteroatoms. The summed E-state index contributed by atoms with van der Waals surface area (Å²) in [6.07, 6.45) is -2.33. The van der Waals surface area contributed by atoms with E-state index in [1.54, 1.807) is 0 Å².